The number of halogens is 3. The molecule has 0 aliphatic carbocycles. The van der Waals surface area contributed by atoms with Crippen molar-refractivity contribution in [3.05, 3.63) is 60.7 Å². The van der Waals surface area contributed by atoms with Gasteiger partial charge in [-0.1, -0.05) is 41.7 Å². The number of nitrogens with one attached hydrogen (secondary N) is 2. The molecule has 0 radical (unpaired) electrons. The molecule has 1 aliphatic heterocycles. The van der Waals surface area contributed by atoms with E-state index in [2.05, 4.69) is 15.4 Å². The van der Waals surface area contributed by atoms with Crippen molar-refractivity contribution < 1.29 is 37.0 Å². The summed E-state index contributed by atoms with van der Waals surface area (Å²) in [6, 6.07) is 16.4. The average molecular weight is 522 g/mol. The molecule has 2 amide bonds. The summed E-state index contributed by atoms with van der Waals surface area (Å²) in [6.07, 6.45) is -5.81. The predicted molar refractivity (Wildman–Crippen MR) is 128 cm³/mol. The minimum Gasteiger partial charge on any atom is -0.404 e. The van der Waals surface area contributed by atoms with Gasteiger partial charge in [-0.25, -0.2) is 4.79 Å². The number of amides is 2. The van der Waals surface area contributed by atoms with Crippen LogP contribution < -0.4 is 20.1 Å². The van der Waals surface area contributed by atoms with E-state index in [0.29, 0.717) is 31.4 Å². The Bertz CT molecular complexity index is 1200. The molecule has 0 saturated carbocycles. The summed E-state index contributed by atoms with van der Waals surface area (Å²) in [7, 11) is 0. The van der Waals surface area contributed by atoms with Crippen molar-refractivity contribution in [2.75, 3.05) is 43.5 Å². The molecule has 0 atom stereocenters. The molecule has 2 N–H and O–H groups in total. The zero-order valence-electron chi connectivity index (χ0n) is 18.8. The van der Waals surface area contributed by atoms with Crippen molar-refractivity contribution >= 4 is 34.7 Å². The number of carbonyl (C=O) groups is 2. The highest BCUT2D eigenvalue weighted by atomic mass is 32.1. The maximum absolute atomic E-state index is 12.9. The van der Waals surface area contributed by atoms with Crippen molar-refractivity contribution in [2.45, 2.75) is 6.36 Å². The molecule has 1 aromatic heterocycles. The second-order valence-corrected chi connectivity index (χ2v) is 8.74. The Morgan fingerprint density at radius 2 is 1.75 bits per heavy atom. The summed E-state index contributed by atoms with van der Waals surface area (Å²) in [6.45, 7) is 1.96. The van der Waals surface area contributed by atoms with Gasteiger partial charge in [0.25, 0.3) is 0 Å². The van der Waals surface area contributed by atoms with E-state index in [1.165, 1.54) is 23.5 Å². The number of thiophene rings is 1. The van der Waals surface area contributed by atoms with Gasteiger partial charge in [-0.05, 0) is 35.9 Å². The first kappa shape index (κ1) is 25.5. The van der Waals surface area contributed by atoms with Crippen molar-refractivity contribution in [1.29, 1.82) is 0 Å². The Balaban J connectivity index is 1.43. The molecule has 1 aliphatic rings. The van der Waals surface area contributed by atoms with E-state index in [0.717, 1.165) is 16.5 Å². The first-order valence-electron chi connectivity index (χ1n) is 10.9. The topological polar surface area (TPSA) is 89.1 Å². The molecular formula is C24H22F3N3O5S. The van der Waals surface area contributed by atoms with Crippen LogP contribution >= 0.6 is 11.3 Å². The molecule has 1 saturated heterocycles. The number of benzene rings is 2. The Morgan fingerprint density at radius 1 is 1.00 bits per heavy atom. The minimum absolute atomic E-state index is 0.0311. The lowest BCUT2D eigenvalue weighted by atomic mass is 10.2. The molecule has 0 spiro atoms. The van der Waals surface area contributed by atoms with Gasteiger partial charge in [0.15, 0.2) is 10.8 Å². The third-order valence-electron chi connectivity index (χ3n) is 5.03. The van der Waals surface area contributed by atoms with E-state index in [4.69, 9.17) is 9.47 Å². The predicted octanol–water partition coefficient (Wildman–Crippen LogP) is 5.20. The largest absolute Gasteiger partial charge is 0.573 e. The Hall–Kier alpha value is -3.61. The second-order valence-electron chi connectivity index (χ2n) is 7.69. The molecule has 0 bridgehead atoms. The van der Waals surface area contributed by atoms with Gasteiger partial charge in [-0.15, -0.1) is 13.2 Å². The maximum atomic E-state index is 12.9. The SMILES string of the molecule is O=C(CN1CCOCC1)Nc1cc(NC(=O)Oc2ccc(-c3ccccc3)s2)ccc1OC(F)(F)F. The fraction of sp³-hybridized carbons (Fsp3) is 0.250. The van der Waals surface area contributed by atoms with Gasteiger partial charge in [0.2, 0.25) is 5.91 Å². The molecule has 1 fully saturated rings. The summed E-state index contributed by atoms with van der Waals surface area (Å²) in [5.74, 6) is -1.14. The number of alkyl halides is 3. The summed E-state index contributed by atoms with van der Waals surface area (Å²) >= 11 is 1.26. The number of ether oxygens (including phenoxy) is 3. The van der Waals surface area contributed by atoms with Gasteiger partial charge in [0.1, 0.15) is 0 Å². The van der Waals surface area contributed by atoms with Crippen LogP contribution in [0.25, 0.3) is 10.4 Å². The van der Waals surface area contributed by atoms with Gasteiger partial charge < -0.3 is 19.5 Å². The number of rotatable bonds is 7. The van der Waals surface area contributed by atoms with Gasteiger partial charge >= 0.3 is 12.5 Å². The third kappa shape index (κ3) is 7.44. The summed E-state index contributed by atoms with van der Waals surface area (Å²) in [5, 5.41) is 5.22. The van der Waals surface area contributed by atoms with Gasteiger partial charge in [-0.3, -0.25) is 15.0 Å². The number of nitrogens with zero attached hydrogens (tertiary/aromatic N) is 1. The minimum atomic E-state index is -4.97. The molecule has 36 heavy (non-hydrogen) atoms. The molecule has 2 heterocycles. The van der Waals surface area contributed by atoms with E-state index >= 15 is 0 Å². The van der Waals surface area contributed by atoms with Crippen LogP contribution in [0.3, 0.4) is 0 Å². The molecule has 8 nitrogen and oxygen atoms in total. The van der Waals surface area contributed by atoms with Crippen LogP contribution in [0.5, 0.6) is 10.8 Å². The number of carbonyl (C=O) groups excluding carboxylic acids is 2. The standard InChI is InChI=1S/C24H22F3N3O5S/c25-24(26,27)35-19-7-6-17(14-18(19)29-21(31)15-30-10-12-33-13-11-30)28-23(32)34-22-9-8-20(36-22)16-4-2-1-3-5-16/h1-9,14H,10-13,15H2,(H,28,32)(H,29,31). The highest BCUT2D eigenvalue weighted by Crippen LogP contribution is 2.34. The van der Waals surface area contributed by atoms with Crippen LogP contribution in [0.4, 0.5) is 29.3 Å². The Morgan fingerprint density at radius 3 is 2.47 bits per heavy atom. The zero-order chi connectivity index (χ0) is 25.5. The van der Waals surface area contributed by atoms with Crippen LogP contribution in [-0.4, -0.2) is 56.1 Å². The number of hydrogen-bond acceptors (Lipinski definition) is 7. The van der Waals surface area contributed by atoms with Crippen molar-refractivity contribution in [2.24, 2.45) is 0 Å². The lowest BCUT2D eigenvalue weighted by molar-refractivity contribution is -0.274. The summed E-state index contributed by atoms with van der Waals surface area (Å²) < 4.78 is 53.2. The summed E-state index contributed by atoms with van der Waals surface area (Å²) in [4.78, 5) is 27.6. The van der Waals surface area contributed by atoms with Crippen molar-refractivity contribution in [3.63, 3.8) is 0 Å². The van der Waals surface area contributed by atoms with Crippen LogP contribution in [-0.2, 0) is 9.53 Å². The Kier molecular flexibility index (Phi) is 8.08. The molecule has 4 rings (SSSR count). The monoisotopic (exact) mass is 521 g/mol. The van der Waals surface area contributed by atoms with Crippen molar-refractivity contribution in [3.8, 4) is 21.3 Å². The lowest BCUT2D eigenvalue weighted by Gasteiger charge is -2.26. The second kappa shape index (κ2) is 11.4. The lowest BCUT2D eigenvalue weighted by Crippen LogP contribution is -2.41. The zero-order valence-corrected chi connectivity index (χ0v) is 19.7. The van der Waals surface area contributed by atoms with Crippen LogP contribution in [0.1, 0.15) is 0 Å². The molecule has 190 valence electrons. The normalized spacial score (nSPS) is 14.2. The molecule has 2 aromatic carbocycles. The van der Waals surface area contributed by atoms with Gasteiger partial charge in [0, 0.05) is 23.7 Å². The number of anilines is 2. The quantitative estimate of drug-likeness (QED) is 0.445. The average Bonchev–Trinajstić information content (AvgIpc) is 3.29. The highest BCUT2D eigenvalue weighted by Gasteiger charge is 2.32. The molecular weight excluding hydrogens is 499 g/mol. The number of hydrogen-bond donors (Lipinski definition) is 2. The fourth-order valence-electron chi connectivity index (χ4n) is 3.44. The Labute approximate surface area is 208 Å². The fourth-order valence-corrected chi connectivity index (χ4v) is 4.30. The van der Waals surface area contributed by atoms with E-state index in [1.807, 2.05) is 41.3 Å². The molecule has 0 unspecified atom stereocenters. The van der Waals surface area contributed by atoms with E-state index in [1.54, 1.807) is 6.07 Å². The van der Waals surface area contributed by atoms with Gasteiger partial charge in [0.05, 0.1) is 25.4 Å². The van der Waals surface area contributed by atoms with E-state index in [-0.39, 0.29) is 17.9 Å². The van der Waals surface area contributed by atoms with Gasteiger partial charge in [-0.2, -0.15) is 0 Å². The maximum Gasteiger partial charge on any atom is 0.573 e. The molecule has 12 heteroatoms. The van der Waals surface area contributed by atoms with E-state index in [9.17, 15) is 22.8 Å². The first-order chi connectivity index (χ1) is 17.2. The van der Waals surface area contributed by atoms with E-state index < -0.39 is 24.1 Å². The first-order valence-corrected chi connectivity index (χ1v) is 11.7. The third-order valence-corrected chi connectivity index (χ3v) is 6.04. The summed E-state index contributed by atoms with van der Waals surface area (Å²) in [5.41, 5.74) is 0.831. The van der Waals surface area contributed by atoms with Crippen molar-refractivity contribution in [1.82, 2.24) is 4.90 Å². The van der Waals surface area contributed by atoms with Crippen LogP contribution in [0.2, 0.25) is 0 Å². The smallest absolute Gasteiger partial charge is 0.404 e. The number of morpholine rings is 1. The molecule has 3 aromatic rings. The van der Waals surface area contributed by atoms with Crippen LogP contribution in [0, 0.1) is 0 Å². The van der Waals surface area contributed by atoms with Crippen LogP contribution in [0.15, 0.2) is 60.7 Å². The highest BCUT2D eigenvalue weighted by molar-refractivity contribution is 7.17.